The highest BCUT2D eigenvalue weighted by Crippen LogP contribution is 2.16. The van der Waals surface area contributed by atoms with Crippen molar-refractivity contribution >= 4 is 5.91 Å². The first-order valence-corrected chi connectivity index (χ1v) is 8.07. The molecule has 2 unspecified atom stereocenters. The third-order valence-electron chi connectivity index (χ3n) is 4.30. The van der Waals surface area contributed by atoms with Crippen molar-refractivity contribution in [1.82, 2.24) is 15.1 Å². The number of hydrogen-bond acceptors (Lipinski definition) is 4. The topological polar surface area (TPSA) is 44.8 Å². The maximum absolute atomic E-state index is 12.6. The monoisotopic (exact) mass is 283 g/mol. The molecule has 1 N–H and O–H groups in total. The number of amides is 1. The summed E-state index contributed by atoms with van der Waals surface area (Å²) in [6.07, 6.45) is 3.44. The summed E-state index contributed by atoms with van der Waals surface area (Å²) in [4.78, 5) is 16.9. The molecule has 0 radical (unpaired) electrons. The summed E-state index contributed by atoms with van der Waals surface area (Å²) in [5.74, 6) is 0.275. The van der Waals surface area contributed by atoms with Crippen LogP contribution in [0.15, 0.2) is 0 Å². The number of carbonyl (C=O) groups is 1. The van der Waals surface area contributed by atoms with Crippen LogP contribution < -0.4 is 5.32 Å². The van der Waals surface area contributed by atoms with Gasteiger partial charge in [0.1, 0.15) is 0 Å². The van der Waals surface area contributed by atoms with Gasteiger partial charge < -0.3 is 15.0 Å². The number of nitrogens with one attached hydrogen (secondary N) is 1. The van der Waals surface area contributed by atoms with Gasteiger partial charge in [0, 0.05) is 45.9 Å². The van der Waals surface area contributed by atoms with Crippen LogP contribution in [0, 0.1) is 0 Å². The van der Waals surface area contributed by atoms with Gasteiger partial charge in [-0.1, -0.05) is 6.92 Å². The Balaban J connectivity index is 1.83. The Kier molecular flexibility index (Phi) is 6.26. The zero-order valence-electron chi connectivity index (χ0n) is 12.9. The molecule has 2 atom stereocenters. The molecule has 1 amide bonds. The van der Waals surface area contributed by atoms with Crippen LogP contribution in [0.1, 0.15) is 33.1 Å². The van der Waals surface area contributed by atoms with E-state index >= 15 is 0 Å². The molecule has 2 fully saturated rings. The Bertz CT molecular complexity index is 305. The van der Waals surface area contributed by atoms with Crippen molar-refractivity contribution < 1.29 is 9.53 Å². The van der Waals surface area contributed by atoms with E-state index in [-0.39, 0.29) is 18.1 Å². The lowest BCUT2D eigenvalue weighted by Gasteiger charge is -2.38. The predicted octanol–water partition coefficient (Wildman–Crippen LogP) is 0.698. The number of piperidine rings is 1. The number of piperazine rings is 1. The second-order valence-corrected chi connectivity index (χ2v) is 5.88. The highest BCUT2D eigenvalue weighted by molar-refractivity contribution is 5.81. The van der Waals surface area contributed by atoms with Gasteiger partial charge in [0.15, 0.2) is 0 Å². The Hall–Kier alpha value is -0.650. The summed E-state index contributed by atoms with van der Waals surface area (Å²) in [6.45, 7) is 10.5. The van der Waals surface area contributed by atoms with E-state index in [1.807, 2.05) is 11.8 Å². The number of rotatable bonds is 5. The minimum Gasteiger partial charge on any atom is -0.376 e. The molecule has 0 bridgehead atoms. The highest BCUT2D eigenvalue weighted by Gasteiger charge is 2.30. The summed E-state index contributed by atoms with van der Waals surface area (Å²) in [5.41, 5.74) is 0. The summed E-state index contributed by atoms with van der Waals surface area (Å²) < 4.78 is 5.82. The first-order chi connectivity index (χ1) is 9.72. The Labute approximate surface area is 122 Å². The standard InChI is InChI=1S/C15H29N3O2/c1-3-11-20-14-5-4-8-18(12-14)15(19)13(2)17-9-6-16-7-10-17/h13-14,16H,3-12H2,1-2H3. The van der Waals surface area contributed by atoms with E-state index < -0.39 is 0 Å². The molecule has 0 aromatic heterocycles. The fourth-order valence-corrected chi connectivity index (χ4v) is 3.05. The van der Waals surface area contributed by atoms with Crippen molar-refractivity contribution in [3.63, 3.8) is 0 Å². The molecule has 20 heavy (non-hydrogen) atoms. The second-order valence-electron chi connectivity index (χ2n) is 5.88. The molecule has 116 valence electrons. The van der Waals surface area contributed by atoms with Crippen molar-refractivity contribution in [2.75, 3.05) is 45.9 Å². The van der Waals surface area contributed by atoms with Crippen LogP contribution in [0.5, 0.6) is 0 Å². The highest BCUT2D eigenvalue weighted by atomic mass is 16.5. The Morgan fingerprint density at radius 1 is 1.35 bits per heavy atom. The molecule has 2 heterocycles. The van der Waals surface area contributed by atoms with Crippen LogP contribution in [0.25, 0.3) is 0 Å². The van der Waals surface area contributed by atoms with Crippen LogP contribution >= 0.6 is 0 Å². The van der Waals surface area contributed by atoms with Crippen LogP contribution in [0.2, 0.25) is 0 Å². The molecular weight excluding hydrogens is 254 g/mol. The van der Waals surface area contributed by atoms with E-state index in [1.165, 1.54) is 0 Å². The minimum atomic E-state index is 0.00188. The predicted molar refractivity (Wildman–Crippen MR) is 79.7 cm³/mol. The number of likely N-dealkylation sites (tertiary alicyclic amines) is 1. The van der Waals surface area contributed by atoms with Crippen LogP contribution in [0.3, 0.4) is 0 Å². The number of hydrogen-bond donors (Lipinski definition) is 1. The van der Waals surface area contributed by atoms with Crippen molar-refractivity contribution in [3.8, 4) is 0 Å². The third-order valence-corrected chi connectivity index (χ3v) is 4.30. The molecular formula is C15H29N3O2. The van der Waals surface area contributed by atoms with Crippen molar-refractivity contribution in [1.29, 1.82) is 0 Å². The van der Waals surface area contributed by atoms with Crippen LogP contribution in [-0.2, 0) is 9.53 Å². The number of nitrogens with zero attached hydrogens (tertiary/aromatic N) is 2. The first kappa shape index (κ1) is 15.7. The molecule has 2 rings (SSSR count). The van der Waals surface area contributed by atoms with E-state index in [2.05, 4.69) is 17.1 Å². The van der Waals surface area contributed by atoms with E-state index in [4.69, 9.17) is 4.74 Å². The summed E-state index contributed by atoms with van der Waals surface area (Å²) >= 11 is 0. The molecule has 2 aliphatic rings. The fraction of sp³-hybridized carbons (Fsp3) is 0.933. The summed E-state index contributed by atoms with van der Waals surface area (Å²) in [5, 5.41) is 3.33. The molecule has 0 aromatic carbocycles. The summed E-state index contributed by atoms with van der Waals surface area (Å²) in [6, 6.07) is 0.00188. The SMILES string of the molecule is CCCOC1CCCN(C(=O)C(C)N2CCNCC2)C1. The largest absolute Gasteiger partial charge is 0.376 e. The fourth-order valence-electron chi connectivity index (χ4n) is 3.05. The smallest absolute Gasteiger partial charge is 0.239 e. The molecule has 0 aromatic rings. The lowest BCUT2D eigenvalue weighted by molar-refractivity contribution is -0.140. The molecule has 5 heteroatoms. The Morgan fingerprint density at radius 3 is 2.80 bits per heavy atom. The number of carbonyl (C=O) groups excluding carboxylic acids is 1. The normalized spacial score (nSPS) is 26.5. The van der Waals surface area contributed by atoms with E-state index in [0.717, 1.165) is 65.1 Å². The van der Waals surface area contributed by atoms with Crippen molar-refractivity contribution in [2.24, 2.45) is 0 Å². The third kappa shape index (κ3) is 4.17. The van der Waals surface area contributed by atoms with Gasteiger partial charge in [0.05, 0.1) is 12.1 Å². The maximum Gasteiger partial charge on any atom is 0.239 e. The molecule has 0 saturated carbocycles. The van der Waals surface area contributed by atoms with Gasteiger partial charge in [-0.3, -0.25) is 9.69 Å². The van der Waals surface area contributed by atoms with Crippen LogP contribution in [0.4, 0.5) is 0 Å². The van der Waals surface area contributed by atoms with E-state index in [9.17, 15) is 4.79 Å². The lowest BCUT2D eigenvalue weighted by Crippen LogP contribution is -2.55. The summed E-state index contributed by atoms with van der Waals surface area (Å²) in [7, 11) is 0. The first-order valence-electron chi connectivity index (χ1n) is 8.07. The van der Waals surface area contributed by atoms with Gasteiger partial charge in [-0.25, -0.2) is 0 Å². The van der Waals surface area contributed by atoms with E-state index in [1.54, 1.807) is 0 Å². The van der Waals surface area contributed by atoms with Gasteiger partial charge in [-0.15, -0.1) is 0 Å². The minimum absolute atomic E-state index is 0.00188. The molecule has 2 saturated heterocycles. The van der Waals surface area contributed by atoms with Crippen molar-refractivity contribution in [2.45, 2.75) is 45.3 Å². The second kappa shape index (κ2) is 7.96. The zero-order valence-corrected chi connectivity index (χ0v) is 12.9. The molecule has 5 nitrogen and oxygen atoms in total. The molecule has 0 spiro atoms. The molecule has 2 aliphatic heterocycles. The Morgan fingerprint density at radius 2 is 2.10 bits per heavy atom. The maximum atomic E-state index is 12.6. The van der Waals surface area contributed by atoms with Crippen LogP contribution in [-0.4, -0.2) is 73.7 Å². The van der Waals surface area contributed by atoms with Gasteiger partial charge in [-0.2, -0.15) is 0 Å². The van der Waals surface area contributed by atoms with Gasteiger partial charge in [0.25, 0.3) is 0 Å². The average molecular weight is 283 g/mol. The van der Waals surface area contributed by atoms with Crippen molar-refractivity contribution in [3.05, 3.63) is 0 Å². The van der Waals surface area contributed by atoms with Gasteiger partial charge in [-0.05, 0) is 26.2 Å². The lowest BCUT2D eigenvalue weighted by atomic mass is 10.1. The quantitative estimate of drug-likeness (QED) is 0.807. The van der Waals surface area contributed by atoms with E-state index in [0.29, 0.717) is 0 Å². The molecule has 0 aliphatic carbocycles. The average Bonchev–Trinajstić information content (AvgIpc) is 2.52. The van der Waals surface area contributed by atoms with Gasteiger partial charge in [0.2, 0.25) is 5.91 Å². The van der Waals surface area contributed by atoms with Gasteiger partial charge >= 0.3 is 0 Å². The number of ether oxygens (including phenoxy) is 1. The zero-order chi connectivity index (χ0) is 14.4.